The van der Waals surface area contributed by atoms with Gasteiger partial charge in [-0.3, -0.25) is 14.6 Å². The van der Waals surface area contributed by atoms with Gasteiger partial charge in [0.25, 0.3) is 11.9 Å². The Hall–Kier alpha value is -3.33. The number of carboxylic acids is 1. The van der Waals surface area contributed by atoms with Crippen molar-refractivity contribution in [1.82, 2.24) is 14.9 Å². The van der Waals surface area contributed by atoms with Crippen LogP contribution in [0.1, 0.15) is 42.2 Å². The molecule has 4 rings (SSSR count). The zero-order valence-corrected chi connectivity index (χ0v) is 19.1. The number of piperidine rings is 1. The molecule has 174 valence electrons. The molecule has 2 aromatic heterocycles. The summed E-state index contributed by atoms with van der Waals surface area (Å²) in [6.07, 6.45) is 3.09. The molecule has 0 saturated carbocycles. The van der Waals surface area contributed by atoms with Gasteiger partial charge in [0.1, 0.15) is 5.52 Å². The van der Waals surface area contributed by atoms with Crippen LogP contribution in [0, 0.1) is 5.92 Å². The molecule has 0 bridgehead atoms. The average Bonchev–Trinajstić information content (AvgIpc) is 3.20. The topological polar surface area (TPSA) is 118 Å². The fourth-order valence-electron chi connectivity index (χ4n) is 4.10. The third kappa shape index (κ3) is 5.19. The molecule has 1 fully saturated rings. The molecule has 0 spiro atoms. The Kier molecular flexibility index (Phi) is 6.69. The number of benzene rings is 1. The van der Waals surface area contributed by atoms with E-state index in [4.69, 9.17) is 20.8 Å². The van der Waals surface area contributed by atoms with Crippen molar-refractivity contribution in [2.45, 2.75) is 38.8 Å². The zero-order chi connectivity index (χ0) is 23.5. The number of halogens is 1. The Morgan fingerprint density at radius 3 is 2.88 bits per heavy atom. The van der Waals surface area contributed by atoms with Gasteiger partial charge in [0.15, 0.2) is 11.3 Å². The molecular weight excluding hydrogens is 448 g/mol. The molecule has 2 atom stereocenters. The lowest BCUT2D eigenvalue weighted by Crippen LogP contribution is -2.47. The van der Waals surface area contributed by atoms with Crippen molar-refractivity contribution in [3.05, 3.63) is 46.7 Å². The summed E-state index contributed by atoms with van der Waals surface area (Å²) in [5.74, 6) is -0.486. The summed E-state index contributed by atoms with van der Waals surface area (Å²) in [7, 11) is 1.49. The number of likely N-dealkylation sites (tertiary alicyclic amines) is 1. The molecule has 1 saturated heterocycles. The van der Waals surface area contributed by atoms with E-state index in [1.165, 1.54) is 7.11 Å². The standard InChI is InChI=1S/C23H25ClN4O5/c1-13-3-4-17(10-20(29)30)28(12-13)22(31)14-7-18-21(19(8-14)32-2)33-23(27-18)26-11-16-9-15(24)5-6-25-16/h5-9,13,17H,3-4,10-12H2,1-2H3,(H,26,27)(H,29,30). The minimum atomic E-state index is -0.915. The second kappa shape index (κ2) is 9.66. The van der Waals surface area contributed by atoms with Crippen LogP contribution >= 0.6 is 11.6 Å². The van der Waals surface area contributed by atoms with E-state index in [1.54, 1.807) is 35.4 Å². The number of amides is 1. The van der Waals surface area contributed by atoms with Gasteiger partial charge in [-0.15, -0.1) is 0 Å². The van der Waals surface area contributed by atoms with E-state index >= 15 is 0 Å². The molecular formula is C23H25ClN4O5. The molecule has 3 heterocycles. The summed E-state index contributed by atoms with van der Waals surface area (Å²) >= 11 is 6.00. The van der Waals surface area contributed by atoms with Crippen molar-refractivity contribution in [1.29, 1.82) is 0 Å². The van der Waals surface area contributed by atoms with Gasteiger partial charge >= 0.3 is 5.97 Å². The fourth-order valence-corrected chi connectivity index (χ4v) is 4.28. The van der Waals surface area contributed by atoms with Gasteiger partial charge in [0.05, 0.1) is 25.8 Å². The molecule has 0 aliphatic carbocycles. The number of carbonyl (C=O) groups excluding carboxylic acids is 1. The third-order valence-corrected chi connectivity index (χ3v) is 5.97. The van der Waals surface area contributed by atoms with Crippen LogP contribution < -0.4 is 10.1 Å². The number of carboxylic acid groups (broad SMARTS) is 1. The number of carbonyl (C=O) groups is 2. The molecule has 2 unspecified atom stereocenters. The van der Waals surface area contributed by atoms with Crippen LogP contribution in [0.15, 0.2) is 34.9 Å². The maximum atomic E-state index is 13.4. The van der Waals surface area contributed by atoms with Gasteiger partial charge in [-0.2, -0.15) is 4.98 Å². The Labute approximate surface area is 195 Å². The number of pyridine rings is 1. The summed E-state index contributed by atoms with van der Waals surface area (Å²) in [4.78, 5) is 35.0. The number of rotatable bonds is 7. The first-order valence-corrected chi connectivity index (χ1v) is 11.1. The van der Waals surface area contributed by atoms with Gasteiger partial charge in [-0.05, 0) is 43.0 Å². The summed E-state index contributed by atoms with van der Waals surface area (Å²) in [6, 6.07) is 6.59. The largest absolute Gasteiger partial charge is 0.493 e. The van der Waals surface area contributed by atoms with E-state index in [1.807, 2.05) is 0 Å². The van der Waals surface area contributed by atoms with Crippen LogP contribution in [0.2, 0.25) is 5.02 Å². The highest BCUT2D eigenvalue weighted by molar-refractivity contribution is 6.30. The molecule has 1 aliphatic heterocycles. The number of aromatic nitrogens is 2. The number of oxazole rings is 1. The second-order valence-corrected chi connectivity index (χ2v) is 8.69. The number of methoxy groups -OCH3 is 1. The highest BCUT2D eigenvalue weighted by Gasteiger charge is 2.32. The van der Waals surface area contributed by atoms with Gasteiger partial charge in [-0.25, -0.2) is 0 Å². The van der Waals surface area contributed by atoms with E-state index in [0.29, 0.717) is 52.9 Å². The van der Waals surface area contributed by atoms with Crippen molar-refractivity contribution in [3.8, 4) is 5.75 Å². The number of nitrogens with zero attached hydrogens (tertiary/aromatic N) is 3. The van der Waals surface area contributed by atoms with E-state index in [2.05, 4.69) is 22.2 Å². The summed E-state index contributed by atoms with van der Waals surface area (Å²) in [5, 5.41) is 12.9. The first-order chi connectivity index (χ1) is 15.8. The second-order valence-electron chi connectivity index (χ2n) is 8.26. The first kappa shape index (κ1) is 22.8. The van der Waals surface area contributed by atoms with E-state index < -0.39 is 5.97 Å². The molecule has 0 radical (unpaired) electrons. The predicted octanol–water partition coefficient (Wildman–Crippen LogP) is 4.21. The van der Waals surface area contributed by atoms with Crippen molar-refractivity contribution < 1.29 is 23.8 Å². The van der Waals surface area contributed by atoms with Crippen LogP contribution in [0.25, 0.3) is 11.1 Å². The molecule has 10 heteroatoms. The van der Waals surface area contributed by atoms with E-state index in [-0.39, 0.29) is 24.4 Å². The van der Waals surface area contributed by atoms with Crippen LogP contribution in [0.5, 0.6) is 5.75 Å². The van der Waals surface area contributed by atoms with Gasteiger partial charge < -0.3 is 24.5 Å². The van der Waals surface area contributed by atoms with Gasteiger partial charge in [-0.1, -0.05) is 18.5 Å². The highest BCUT2D eigenvalue weighted by atomic mass is 35.5. The highest BCUT2D eigenvalue weighted by Crippen LogP contribution is 2.32. The fraction of sp³-hybridized carbons (Fsp3) is 0.391. The molecule has 1 amide bonds. The Morgan fingerprint density at radius 1 is 1.33 bits per heavy atom. The lowest BCUT2D eigenvalue weighted by molar-refractivity contribution is -0.138. The number of ether oxygens (including phenoxy) is 1. The van der Waals surface area contributed by atoms with Crippen molar-refractivity contribution in [3.63, 3.8) is 0 Å². The number of nitrogens with one attached hydrogen (secondary N) is 1. The Balaban J connectivity index is 1.60. The minimum Gasteiger partial charge on any atom is -0.493 e. The van der Waals surface area contributed by atoms with Crippen molar-refractivity contribution in [2.24, 2.45) is 5.92 Å². The first-order valence-electron chi connectivity index (χ1n) is 10.7. The molecule has 3 aromatic rings. The van der Waals surface area contributed by atoms with Gasteiger partial charge in [0.2, 0.25) is 0 Å². The molecule has 1 aromatic carbocycles. The number of fused-ring (bicyclic) bond motifs is 1. The molecule has 2 N–H and O–H groups in total. The number of anilines is 1. The lowest BCUT2D eigenvalue weighted by Gasteiger charge is -2.38. The molecule has 1 aliphatic rings. The average molecular weight is 473 g/mol. The Bertz CT molecular complexity index is 1180. The molecule has 33 heavy (non-hydrogen) atoms. The summed E-state index contributed by atoms with van der Waals surface area (Å²) < 4.78 is 11.3. The SMILES string of the molecule is COc1cc(C(=O)N2CC(C)CCC2CC(=O)O)cc2nc(NCc3cc(Cl)ccn3)oc12. The zero-order valence-electron chi connectivity index (χ0n) is 18.4. The quantitative estimate of drug-likeness (QED) is 0.525. The van der Waals surface area contributed by atoms with Crippen LogP contribution in [0.4, 0.5) is 6.01 Å². The Morgan fingerprint density at radius 2 is 2.15 bits per heavy atom. The predicted molar refractivity (Wildman–Crippen MR) is 123 cm³/mol. The van der Waals surface area contributed by atoms with Crippen LogP contribution in [0.3, 0.4) is 0 Å². The number of aliphatic carboxylic acids is 1. The maximum absolute atomic E-state index is 13.4. The number of hydrogen-bond donors (Lipinski definition) is 2. The number of hydrogen-bond acceptors (Lipinski definition) is 7. The monoisotopic (exact) mass is 472 g/mol. The minimum absolute atomic E-state index is 0.0760. The van der Waals surface area contributed by atoms with E-state index in [9.17, 15) is 14.7 Å². The van der Waals surface area contributed by atoms with Crippen molar-refractivity contribution >= 4 is 40.6 Å². The third-order valence-electron chi connectivity index (χ3n) is 5.74. The molecule has 9 nitrogen and oxygen atoms in total. The lowest BCUT2D eigenvalue weighted by atomic mass is 9.91. The maximum Gasteiger partial charge on any atom is 0.305 e. The van der Waals surface area contributed by atoms with Crippen LogP contribution in [-0.2, 0) is 11.3 Å². The smallest absolute Gasteiger partial charge is 0.305 e. The summed E-state index contributed by atoms with van der Waals surface area (Å²) in [5.41, 5.74) is 1.96. The normalized spacial score (nSPS) is 18.3. The van der Waals surface area contributed by atoms with Crippen LogP contribution in [-0.4, -0.2) is 51.5 Å². The van der Waals surface area contributed by atoms with Crippen molar-refractivity contribution in [2.75, 3.05) is 19.0 Å². The van der Waals surface area contributed by atoms with Gasteiger partial charge in [0, 0.05) is 29.4 Å². The van der Waals surface area contributed by atoms with E-state index in [0.717, 1.165) is 12.1 Å². The summed E-state index contributed by atoms with van der Waals surface area (Å²) in [6.45, 7) is 2.92.